The number of methoxy groups -OCH3 is 1. The topological polar surface area (TPSA) is 44.8 Å². The van der Waals surface area contributed by atoms with E-state index in [-0.39, 0.29) is 24.3 Å². The fraction of sp³-hybridized carbons (Fsp3) is 0.833. The maximum atomic E-state index is 10.9. The maximum Gasteiger partial charge on any atom is 0.486 e. The molecule has 5 heteroatoms. The summed E-state index contributed by atoms with van der Waals surface area (Å²) in [5.74, 6) is 1.89. The molecule has 0 aromatic heterocycles. The van der Waals surface area contributed by atoms with Gasteiger partial charge in [-0.05, 0) is 47.0 Å². The highest BCUT2D eigenvalue weighted by molar-refractivity contribution is 6.51. The molecule has 0 saturated carbocycles. The van der Waals surface area contributed by atoms with E-state index in [0.717, 1.165) is 32.1 Å². The summed E-state index contributed by atoms with van der Waals surface area (Å²) in [5, 5.41) is 0. The highest BCUT2D eigenvalue weighted by atomic mass is 16.7. The van der Waals surface area contributed by atoms with Crippen molar-refractivity contribution in [3.63, 3.8) is 0 Å². The Bertz CT molecular complexity index is 348. The molecule has 134 valence electrons. The zero-order chi connectivity index (χ0) is 17.9. The molecule has 1 heterocycles. The second-order valence-electron chi connectivity index (χ2n) is 6.58. The smallest absolute Gasteiger partial charge is 0.469 e. The monoisotopic (exact) mass is 326 g/mol. The van der Waals surface area contributed by atoms with Crippen LogP contribution in [-0.2, 0) is 18.8 Å². The van der Waals surface area contributed by atoms with Crippen LogP contribution in [0.3, 0.4) is 0 Å². The van der Waals surface area contributed by atoms with Crippen molar-refractivity contribution in [2.24, 2.45) is 0 Å². The number of hydrogen-bond acceptors (Lipinski definition) is 4. The van der Waals surface area contributed by atoms with Crippen molar-refractivity contribution in [2.75, 3.05) is 7.11 Å². The molecule has 1 rings (SSSR count). The van der Waals surface area contributed by atoms with E-state index < -0.39 is 0 Å². The van der Waals surface area contributed by atoms with E-state index >= 15 is 0 Å². The van der Waals surface area contributed by atoms with E-state index in [1.54, 1.807) is 0 Å². The third-order valence-corrected chi connectivity index (χ3v) is 4.29. The number of ether oxygens (including phenoxy) is 1. The van der Waals surface area contributed by atoms with Crippen LogP contribution in [0.5, 0.6) is 0 Å². The lowest BCUT2D eigenvalue weighted by Gasteiger charge is -2.32. The third kappa shape index (κ3) is 8.02. The fourth-order valence-electron chi connectivity index (χ4n) is 2.16. The van der Waals surface area contributed by atoms with Crippen LogP contribution >= 0.6 is 0 Å². The molecule has 1 fully saturated rings. The molecule has 1 saturated heterocycles. The van der Waals surface area contributed by atoms with Crippen LogP contribution in [0.15, 0.2) is 12.1 Å². The number of esters is 1. The van der Waals surface area contributed by atoms with E-state index in [1.807, 2.05) is 19.8 Å². The maximum absolute atomic E-state index is 10.9. The van der Waals surface area contributed by atoms with Crippen LogP contribution in [-0.4, -0.2) is 31.4 Å². The number of unbranched alkanes of at least 4 members (excludes halogenated alkanes) is 4. The second-order valence-corrected chi connectivity index (χ2v) is 6.58. The SMILES string of the molecule is CC.COC(=O)CCCCCC/C=C/B1OC(C)(C)C(C)(C)O1. The molecule has 0 radical (unpaired) electrons. The van der Waals surface area contributed by atoms with E-state index in [9.17, 15) is 4.79 Å². The van der Waals surface area contributed by atoms with Gasteiger partial charge in [-0.15, -0.1) is 0 Å². The van der Waals surface area contributed by atoms with Gasteiger partial charge >= 0.3 is 13.1 Å². The number of rotatable bonds is 8. The Morgan fingerprint density at radius 3 is 2.04 bits per heavy atom. The standard InChI is InChI=1S/C16H29BO4.C2H6/c1-15(2)16(3,4)21-17(20-15)13-11-9-7-6-8-10-12-14(18)19-5;1-2/h11,13H,6-10,12H2,1-5H3;1-2H3/b13-11+;. The Labute approximate surface area is 143 Å². The molecule has 0 spiro atoms. The lowest BCUT2D eigenvalue weighted by molar-refractivity contribution is -0.140. The number of carbonyl (C=O) groups excluding carboxylic acids is 1. The summed E-state index contributed by atoms with van der Waals surface area (Å²) in [6.45, 7) is 12.2. The summed E-state index contributed by atoms with van der Waals surface area (Å²) < 4.78 is 16.4. The van der Waals surface area contributed by atoms with Gasteiger partial charge in [0.15, 0.2) is 0 Å². The molecule has 0 aromatic carbocycles. The van der Waals surface area contributed by atoms with Crippen molar-refractivity contribution < 1.29 is 18.8 Å². The molecular weight excluding hydrogens is 291 g/mol. The van der Waals surface area contributed by atoms with Gasteiger partial charge in [0, 0.05) is 6.42 Å². The van der Waals surface area contributed by atoms with Gasteiger partial charge in [-0.2, -0.15) is 0 Å². The van der Waals surface area contributed by atoms with Gasteiger partial charge < -0.3 is 14.0 Å². The molecule has 1 aliphatic heterocycles. The van der Waals surface area contributed by atoms with Gasteiger partial charge in [-0.25, -0.2) is 0 Å². The molecule has 23 heavy (non-hydrogen) atoms. The second kappa shape index (κ2) is 10.9. The van der Waals surface area contributed by atoms with Crippen molar-refractivity contribution in [3.8, 4) is 0 Å². The quantitative estimate of drug-likeness (QED) is 0.368. The third-order valence-electron chi connectivity index (χ3n) is 4.29. The molecule has 1 aliphatic rings. The van der Waals surface area contributed by atoms with Gasteiger partial charge in [0.1, 0.15) is 0 Å². The van der Waals surface area contributed by atoms with E-state index in [1.165, 1.54) is 7.11 Å². The minimum absolute atomic E-state index is 0.115. The molecule has 0 bridgehead atoms. The molecule has 0 aromatic rings. The summed E-state index contributed by atoms with van der Waals surface area (Å²) in [5.41, 5.74) is -0.536. The van der Waals surface area contributed by atoms with E-state index in [0.29, 0.717) is 6.42 Å². The van der Waals surface area contributed by atoms with Gasteiger partial charge in [0.05, 0.1) is 18.3 Å². The Hall–Kier alpha value is -0.805. The molecule has 0 N–H and O–H groups in total. The van der Waals surface area contributed by atoms with Crippen LogP contribution in [0.25, 0.3) is 0 Å². The highest BCUT2D eigenvalue weighted by Crippen LogP contribution is 2.36. The Balaban J connectivity index is 0.00000232. The lowest BCUT2D eigenvalue weighted by Crippen LogP contribution is -2.41. The highest BCUT2D eigenvalue weighted by Gasteiger charge is 2.49. The van der Waals surface area contributed by atoms with Crippen LogP contribution in [0.2, 0.25) is 0 Å². The fourth-order valence-corrected chi connectivity index (χ4v) is 2.16. The Morgan fingerprint density at radius 1 is 1.00 bits per heavy atom. The summed E-state index contributed by atoms with van der Waals surface area (Å²) in [6.07, 6.45) is 7.90. The van der Waals surface area contributed by atoms with Crippen molar-refractivity contribution in [1.82, 2.24) is 0 Å². The predicted molar refractivity (Wildman–Crippen MR) is 96.3 cm³/mol. The summed E-state index contributed by atoms with van der Waals surface area (Å²) in [7, 11) is 1.19. The van der Waals surface area contributed by atoms with Gasteiger partial charge in [-0.3, -0.25) is 4.79 Å². The van der Waals surface area contributed by atoms with Crippen molar-refractivity contribution in [1.29, 1.82) is 0 Å². The molecule has 4 nitrogen and oxygen atoms in total. The Kier molecular flexibility index (Phi) is 10.5. The molecule has 0 amide bonds. The van der Waals surface area contributed by atoms with Gasteiger partial charge in [-0.1, -0.05) is 38.7 Å². The predicted octanol–water partition coefficient (Wildman–Crippen LogP) is 4.71. The first kappa shape index (κ1) is 22.2. The molecular formula is C18H35BO4. The average molecular weight is 326 g/mol. The number of carbonyl (C=O) groups is 1. The lowest BCUT2D eigenvalue weighted by atomic mass is 9.89. The number of allylic oxidation sites excluding steroid dienone is 1. The first-order valence-corrected chi connectivity index (χ1v) is 8.87. The van der Waals surface area contributed by atoms with E-state index in [4.69, 9.17) is 9.31 Å². The largest absolute Gasteiger partial charge is 0.486 e. The van der Waals surface area contributed by atoms with Crippen LogP contribution in [0.4, 0.5) is 0 Å². The summed E-state index contributed by atoms with van der Waals surface area (Å²) in [6, 6.07) is 0. The normalized spacial score (nSPS) is 18.7. The van der Waals surface area contributed by atoms with Crippen LogP contribution < -0.4 is 0 Å². The molecule has 0 atom stereocenters. The zero-order valence-electron chi connectivity index (χ0n) is 16.1. The first-order valence-electron chi connectivity index (χ1n) is 8.87. The van der Waals surface area contributed by atoms with Crippen molar-refractivity contribution in [3.05, 3.63) is 12.1 Å². The molecule has 0 aliphatic carbocycles. The van der Waals surface area contributed by atoms with Gasteiger partial charge in [0.25, 0.3) is 0 Å². The average Bonchev–Trinajstić information content (AvgIpc) is 2.71. The van der Waals surface area contributed by atoms with Crippen molar-refractivity contribution in [2.45, 2.75) is 91.3 Å². The van der Waals surface area contributed by atoms with Crippen LogP contribution in [0.1, 0.15) is 80.1 Å². The van der Waals surface area contributed by atoms with E-state index in [2.05, 4.69) is 38.5 Å². The minimum Gasteiger partial charge on any atom is -0.469 e. The Morgan fingerprint density at radius 2 is 1.52 bits per heavy atom. The van der Waals surface area contributed by atoms with Crippen LogP contribution in [0, 0.1) is 0 Å². The summed E-state index contributed by atoms with van der Waals surface area (Å²) in [4.78, 5) is 10.9. The van der Waals surface area contributed by atoms with Gasteiger partial charge in [0.2, 0.25) is 0 Å². The number of hydrogen-bond donors (Lipinski definition) is 0. The summed E-state index contributed by atoms with van der Waals surface area (Å²) >= 11 is 0. The zero-order valence-corrected chi connectivity index (χ0v) is 16.1. The minimum atomic E-state index is -0.268. The molecule has 0 unspecified atom stereocenters. The first-order chi connectivity index (χ1) is 10.8. The van der Waals surface area contributed by atoms with Crippen molar-refractivity contribution >= 4 is 13.1 Å².